The number of aliphatic carboxylic acids is 1. The smallest absolute Gasteiger partial charge is 0.326 e. The Morgan fingerprint density at radius 3 is 3.13 bits per heavy atom. The highest BCUT2D eigenvalue weighted by Gasteiger charge is 2.32. The van der Waals surface area contributed by atoms with Crippen LogP contribution in [0.3, 0.4) is 0 Å². The summed E-state index contributed by atoms with van der Waals surface area (Å²) in [4.78, 5) is 21.1. The van der Waals surface area contributed by atoms with E-state index in [-0.39, 0.29) is 0 Å². The van der Waals surface area contributed by atoms with Crippen molar-refractivity contribution in [3.8, 4) is 0 Å². The fourth-order valence-electron chi connectivity index (χ4n) is 1.84. The van der Waals surface area contributed by atoms with E-state index in [1.807, 2.05) is 6.92 Å². The molecule has 1 aliphatic rings. The summed E-state index contributed by atoms with van der Waals surface area (Å²) in [7, 11) is 0. The molecule has 0 amide bonds. The van der Waals surface area contributed by atoms with Gasteiger partial charge < -0.3 is 10.0 Å². The summed E-state index contributed by atoms with van der Waals surface area (Å²) in [5.41, 5.74) is 0.857. The Bertz CT molecular complexity index is 381. The topological polar surface area (TPSA) is 66.3 Å². The largest absolute Gasteiger partial charge is 0.480 e. The van der Waals surface area contributed by atoms with Gasteiger partial charge >= 0.3 is 5.97 Å². The van der Waals surface area contributed by atoms with E-state index in [2.05, 4.69) is 9.97 Å². The molecule has 0 aromatic carbocycles. The van der Waals surface area contributed by atoms with Crippen LogP contribution < -0.4 is 4.90 Å². The fourth-order valence-corrected chi connectivity index (χ4v) is 1.84. The van der Waals surface area contributed by atoms with Crippen LogP contribution in [0.5, 0.6) is 0 Å². The van der Waals surface area contributed by atoms with Crippen molar-refractivity contribution in [2.45, 2.75) is 25.8 Å². The maximum Gasteiger partial charge on any atom is 0.326 e. The van der Waals surface area contributed by atoms with Gasteiger partial charge in [0, 0.05) is 18.4 Å². The van der Waals surface area contributed by atoms with Gasteiger partial charge in [0.1, 0.15) is 6.04 Å². The van der Waals surface area contributed by atoms with Gasteiger partial charge in [0.2, 0.25) is 5.95 Å². The van der Waals surface area contributed by atoms with Gasteiger partial charge in [0.25, 0.3) is 0 Å². The van der Waals surface area contributed by atoms with Crippen molar-refractivity contribution in [1.29, 1.82) is 0 Å². The molecule has 1 unspecified atom stereocenters. The lowest BCUT2D eigenvalue weighted by Crippen LogP contribution is -2.37. The van der Waals surface area contributed by atoms with E-state index in [1.54, 1.807) is 17.2 Å². The van der Waals surface area contributed by atoms with Crippen molar-refractivity contribution < 1.29 is 9.90 Å². The lowest BCUT2D eigenvalue weighted by Gasteiger charge is -2.21. The zero-order valence-corrected chi connectivity index (χ0v) is 8.55. The van der Waals surface area contributed by atoms with Crippen molar-refractivity contribution >= 4 is 11.9 Å². The number of aromatic nitrogens is 2. The first-order valence-electron chi connectivity index (χ1n) is 4.97. The van der Waals surface area contributed by atoms with Gasteiger partial charge in [0.05, 0.1) is 0 Å². The fraction of sp³-hybridized carbons (Fsp3) is 0.500. The van der Waals surface area contributed by atoms with Crippen molar-refractivity contribution in [3.05, 3.63) is 18.0 Å². The third-order valence-electron chi connectivity index (χ3n) is 2.58. The van der Waals surface area contributed by atoms with Crippen LogP contribution in [0.4, 0.5) is 5.95 Å². The molecule has 0 radical (unpaired) electrons. The molecule has 1 aliphatic heterocycles. The first kappa shape index (κ1) is 9.89. The van der Waals surface area contributed by atoms with E-state index in [0.717, 1.165) is 18.7 Å². The van der Waals surface area contributed by atoms with Crippen molar-refractivity contribution in [2.24, 2.45) is 0 Å². The number of hydrogen-bond donors (Lipinski definition) is 1. The summed E-state index contributed by atoms with van der Waals surface area (Å²) >= 11 is 0. The molecule has 5 heteroatoms. The molecule has 1 atom stereocenters. The average Bonchev–Trinajstić information content (AvgIpc) is 2.65. The van der Waals surface area contributed by atoms with Crippen LogP contribution in [-0.4, -0.2) is 33.6 Å². The molecule has 0 bridgehead atoms. The van der Waals surface area contributed by atoms with E-state index in [0.29, 0.717) is 12.4 Å². The van der Waals surface area contributed by atoms with Gasteiger partial charge in [-0.2, -0.15) is 0 Å². The monoisotopic (exact) mass is 207 g/mol. The Kier molecular flexibility index (Phi) is 2.53. The van der Waals surface area contributed by atoms with Crippen LogP contribution >= 0.6 is 0 Å². The van der Waals surface area contributed by atoms with E-state index in [1.165, 1.54) is 0 Å². The maximum atomic E-state index is 11.0. The Morgan fingerprint density at radius 1 is 1.67 bits per heavy atom. The van der Waals surface area contributed by atoms with Gasteiger partial charge in [-0.3, -0.25) is 0 Å². The minimum absolute atomic E-state index is 0.466. The quantitative estimate of drug-likeness (QED) is 0.778. The van der Waals surface area contributed by atoms with E-state index >= 15 is 0 Å². The molecule has 5 nitrogen and oxygen atoms in total. The minimum atomic E-state index is -0.794. The molecular weight excluding hydrogens is 194 g/mol. The summed E-state index contributed by atoms with van der Waals surface area (Å²) in [6, 6.07) is 1.34. The van der Waals surface area contributed by atoms with Crippen LogP contribution in [0.1, 0.15) is 18.5 Å². The summed E-state index contributed by atoms with van der Waals surface area (Å²) < 4.78 is 0. The second kappa shape index (κ2) is 3.84. The van der Waals surface area contributed by atoms with E-state index in [4.69, 9.17) is 5.11 Å². The van der Waals surface area contributed by atoms with Crippen molar-refractivity contribution in [2.75, 3.05) is 11.4 Å². The standard InChI is InChI=1S/C10H13N3O2/c1-7-4-5-11-10(12-7)13-6-2-3-8(13)9(14)15/h4-5,8H,2-3,6H2,1H3,(H,14,15). The highest BCUT2D eigenvalue weighted by Crippen LogP contribution is 2.22. The molecule has 2 rings (SSSR count). The lowest BCUT2D eigenvalue weighted by atomic mass is 10.2. The Balaban J connectivity index is 2.26. The number of nitrogens with zero attached hydrogens (tertiary/aromatic N) is 3. The molecule has 80 valence electrons. The first-order valence-corrected chi connectivity index (χ1v) is 4.97. The molecule has 1 saturated heterocycles. The van der Waals surface area contributed by atoms with Crippen LogP contribution in [-0.2, 0) is 4.79 Å². The van der Waals surface area contributed by atoms with Crippen LogP contribution in [0.15, 0.2) is 12.3 Å². The molecule has 1 aromatic rings. The molecule has 2 heterocycles. The first-order chi connectivity index (χ1) is 7.18. The number of carbonyl (C=O) groups is 1. The third-order valence-corrected chi connectivity index (χ3v) is 2.58. The molecular formula is C10H13N3O2. The molecule has 0 spiro atoms. The van der Waals surface area contributed by atoms with E-state index < -0.39 is 12.0 Å². The molecule has 0 saturated carbocycles. The minimum Gasteiger partial charge on any atom is -0.480 e. The molecule has 1 aromatic heterocycles. The predicted molar refractivity (Wildman–Crippen MR) is 54.8 cm³/mol. The van der Waals surface area contributed by atoms with E-state index in [9.17, 15) is 4.79 Å². The van der Waals surface area contributed by atoms with Crippen LogP contribution in [0, 0.1) is 6.92 Å². The van der Waals surface area contributed by atoms with Gasteiger partial charge in [0.15, 0.2) is 0 Å². The lowest BCUT2D eigenvalue weighted by molar-refractivity contribution is -0.138. The summed E-state index contributed by atoms with van der Waals surface area (Å²) in [6.07, 6.45) is 3.22. The maximum absolute atomic E-state index is 11.0. The van der Waals surface area contributed by atoms with Gasteiger partial charge in [-0.15, -0.1) is 0 Å². The Hall–Kier alpha value is -1.65. The zero-order valence-electron chi connectivity index (χ0n) is 8.55. The number of anilines is 1. The highest BCUT2D eigenvalue weighted by molar-refractivity contribution is 5.77. The number of hydrogen-bond acceptors (Lipinski definition) is 4. The second-order valence-electron chi connectivity index (χ2n) is 3.69. The van der Waals surface area contributed by atoms with Crippen LogP contribution in [0.25, 0.3) is 0 Å². The third kappa shape index (κ3) is 1.91. The molecule has 1 fully saturated rings. The summed E-state index contributed by atoms with van der Waals surface area (Å²) in [5.74, 6) is -0.266. The number of aryl methyl sites for hydroxylation is 1. The SMILES string of the molecule is Cc1ccnc(N2CCCC2C(=O)O)n1. The Morgan fingerprint density at radius 2 is 2.47 bits per heavy atom. The normalized spacial score (nSPS) is 20.6. The number of carboxylic acids is 1. The molecule has 15 heavy (non-hydrogen) atoms. The van der Waals surface area contributed by atoms with Crippen molar-refractivity contribution in [1.82, 2.24) is 9.97 Å². The molecule has 1 N–H and O–H groups in total. The van der Waals surface area contributed by atoms with Crippen molar-refractivity contribution in [3.63, 3.8) is 0 Å². The summed E-state index contributed by atoms with van der Waals surface area (Å²) in [6.45, 7) is 2.59. The van der Waals surface area contributed by atoms with Crippen LogP contribution in [0.2, 0.25) is 0 Å². The predicted octanol–water partition coefficient (Wildman–Crippen LogP) is 0.838. The van der Waals surface area contributed by atoms with Gasteiger partial charge in [-0.1, -0.05) is 0 Å². The highest BCUT2D eigenvalue weighted by atomic mass is 16.4. The number of rotatable bonds is 2. The van der Waals surface area contributed by atoms with Gasteiger partial charge in [-0.05, 0) is 25.8 Å². The summed E-state index contributed by atoms with van der Waals surface area (Å²) in [5, 5.41) is 9.02. The number of carboxylic acid groups (broad SMARTS) is 1. The van der Waals surface area contributed by atoms with Gasteiger partial charge in [-0.25, -0.2) is 14.8 Å². The average molecular weight is 207 g/mol. The second-order valence-corrected chi connectivity index (χ2v) is 3.69. The Labute approximate surface area is 87.8 Å². The zero-order chi connectivity index (χ0) is 10.8. The molecule has 0 aliphatic carbocycles.